The Morgan fingerprint density at radius 3 is 2.47 bits per heavy atom. The number of rotatable bonds is 6. The first-order chi connectivity index (χ1) is 16.6. The molecule has 6 heteroatoms. The molecular weight excluding hydrogens is 438 g/mol. The average Bonchev–Trinajstić information content (AvgIpc) is 3.36. The molecule has 5 rings (SSSR count). The van der Waals surface area contributed by atoms with Crippen LogP contribution in [0.3, 0.4) is 0 Å². The van der Waals surface area contributed by atoms with Crippen molar-refractivity contribution >= 4 is 23.0 Å². The minimum Gasteiger partial charge on any atom is -0.351 e. The Kier molecular flexibility index (Phi) is 6.16. The lowest BCUT2D eigenvalue weighted by atomic mass is 9.96. The van der Waals surface area contributed by atoms with Crippen LogP contribution in [-0.4, -0.2) is 19.6 Å². The highest BCUT2D eigenvalue weighted by molar-refractivity contribution is 7.80. The molecule has 0 unspecified atom stereocenters. The molecule has 172 valence electrons. The Bertz CT molecular complexity index is 1280. The second-order valence-electron chi connectivity index (χ2n) is 8.79. The molecule has 1 fully saturated rings. The lowest BCUT2D eigenvalue weighted by Crippen LogP contribution is -2.29. The molecule has 3 aromatic heterocycles. The van der Waals surface area contributed by atoms with Crippen LogP contribution < -0.4 is 10.2 Å². The third-order valence-electron chi connectivity index (χ3n) is 6.72. The number of hydrogen-bond acceptors (Lipinski definition) is 3. The van der Waals surface area contributed by atoms with Crippen LogP contribution in [0.4, 0.5) is 5.69 Å². The summed E-state index contributed by atoms with van der Waals surface area (Å²) in [4.78, 5) is 11.2. The maximum absolute atomic E-state index is 5.90. The standard InChI is InChI=1S/C28H29N5S/c1-4-21-10-12-23(13-11-21)33-27(26(31-28(33)34)25-9-5-6-15-30-25)24-16-19(2)32(20(24)3)18-22-8-7-14-29-17-22/h5-17,26-27H,4,18H2,1-3H3,(H,31,34)/t26-,27+/m1/s1. The topological polar surface area (TPSA) is 46.0 Å². The highest BCUT2D eigenvalue weighted by atomic mass is 32.1. The van der Waals surface area contributed by atoms with Gasteiger partial charge in [-0.3, -0.25) is 9.97 Å². The highest BCUT2D eigenvalue weighted by Gasteiger charge is 2.42. The molecule has 2 atom stereocenters. The van der Waals surface area contributed by atoms with Crippen LogP contribution >= 0.6 is 12.2 Å². The van der Waals surface area contributed by atoms with Gasteiger partial charge in [-0.1, -0.05) is 31.2 Å². The molecule has 0 aliphatic carbocycles. The van der Waals surface area contributed by atoms with Crippen molar-refractivity contribution < 1.29 is 0 Å². The first-order valence-corrected chi connectivity index (χ1v) is 12.1. The first-order valence-electron chi connectivity index (χ1n) is 11.7. The van der Waals surface area contributed by atoms with Crippen molar-refractivity contribution in [3.05, 3.63) is 113 Å². The molecule has 1 aromatic carbocycles. The molecule has 4 aromatic rings. The first kappa shape index (κ1) is 22.3. The van der Waals surface area contributed by atoms with Gasteiger partial charge in [0, 0.05) is 42.2 Å². The number of nitrogens with zero attached hydrogens (tertiary/aromatic N) is 4. The predicted octanol–water partition coefficient (Wildman–Crippen LogP) is 5.68. The van der Waals surface area contributed by atoms with Crippen LogP contribution in [-0.2, 0) is 13.0 Å². The van der Waals surface area contributed by atoms with Gasteiger partial charge < -0.3 is 14.8 Å². The summed E-state index contributed by atoms with van der Waals surface area (Å²) in [6.45, 7) is 7.33. The van der Waals surface area contributed by atoms with E-state index in [1.165, 1.54) is 28.1 Å². The van der Waals surface area contributed by atoms with Crippen LogP contribution in [0.2, 0.25) is 0 Å². The van der Waals surface area contributed by atoms with Gasteiger partial charge in [-0.25, -0.2) is 0 Å². The molecule has 1 aliphatic rings. The van der Waals surface area contributed by atoms with E-state index in [0.29, 0.717) is 0 Å². The van der Waals surface area contributed by atoms with Crippen LogP contribution in [0.15, 0.2) is 79.3 Å². The quantitative estimate of drug-likeness (QED) is 0.370. The van der Waals surface area contributed by atoms with Crippen molar-refractivity contribution in [2.24, 2.45) is 0 Å². The van der Waals surface area contributed by atoms with E-state index in [4.69, 9.17) is 12.2 Å². The highest BCUT2D eigenvalue weighted by Crippen LogP contribution is 2.43. The third kappa shape index (κ3) is 4.10. The van der Waals surface area contributed by atoms with Gasteiger partial charge in [-0.05, 0) is 85.6 Å². The lowest BCUT2D eigenvalue weighted by molar-refractivity contribution is 0.563. The predicted molar refractivity (Wildman–Crippen MR) is 141 cm³/mol. The Hall–Kier alpha value is -3.51. The Labute approximate surface area is 206 Å². The summed E-state index contributed by atoms with van der Waals surface area (Å²) in [6.07, 6.45) is 6.61. The molecule has 34 heavy (non-hydrogen) atoms. The summed E-state index contributed by atoms with van der Waals surface area (Å²) >= 11 is 5.90. The van der Waals surface area contributed by atoms with E-state index in [1.54, 1.807) is 0 Å². The molecule has 5 nitrogen and oxygen atoms in total. The second kappa shape index (κ2) is 9.39. The number of aryl methyl sites for hydroxylation is 2. The largest absolute Gasteiger partial charge is 0.351 e. The SMILES string of the molecule is CCc1ccc(N2C(=S)N[C@H](c3ccccn3)[C@@H]2c2cc(C)n(Cc3cccnc3)c2C)cc1. The number of pyridine rings is 2. The van der Waals surface area contributed by atoms with Crippen molar-refractivity contribution in [2.75, 3.05) is 4.90 Å². The van der Waals surface area contributed by atoms with Crippen molar-refractivity contribution in [3.8, 4) is 0 Å². The van der Waals surface area contributed by atoms with Gasteiger partial charge in [0.05, 0.1) is 17.8 Å². The molecule has 1 N–H and O–H groups in total. The van der Waals surface area contributed by atoms with E-state index >= 15 is 0 Å². The number of hydrogen-bond donors (Lipinski definition) is 1. The molecule has 4 heterocycles. The van der Waals surface area contributed by atoms with Gasteiger partial charge >= 0.3 is 0 Å². The zero-order valence-electron chi connectivity index (χ0n) is 19.8. The minimum atomic E-state index is -0.0492. The fourth-order valence-corrected chi connectivity index (χ4v) is 5.23. The van der Waals surface area contributed by atoms with E-state index in [2.05, 4.69) is 88.0 Å². The normalized spacial score (nSPS) is 17.7. The average molecular weight is 468 g/mol. The van der Waals surface area contributed by atoms with Gasteiger partial charge in [0.25, 0.3) is 0 Å². The smallest absolute Gasteiger partial charge is 0.174 e. The zero-order valence-corrected chi connectivity index (χ0v) is 20.6. The lowest BCUT2D eigenvalue weighted by Gasteiger charge is -2.28. The van der Waals surface area contributed by atoms with E-state index in [1.807, 2.05) is 36.8 Å². The minimum absolute atomic E-state index is 0.0104. The van der Waals surface area contributed by atoms with Crippen molar-refractivity contribution in [1.29, 1.82) is 0 Å². The fraction of sp³-hybridized carbons (Fsp3) is 0.250. The zero-order chi connectivity index (χ0) is 23.7. The van der Waals surface area contributed by atoms with Crippen LogP contribution in [0.5, 0.6) is 0 Å². The van der Waals surface area contributed by atoms with Crippen LogP contribution in [0, 0.1) is 13.8 Å². The van der Waals surface area contributed by atoms with Crippen molar-refractivity contribution in [1.82, 2.24) is 19.9 Å². The monoisotopic (exact) mass is 467 g/mol. The summed E-state index contributed by atoms with van der Waals surface area (Å²) in [5, 5.41) is 4.30. The molecule has 0 spiro atoms. The van der Waals surface area contributed by atoms with Crippen molar-refractivity contribution in [2.45, 2.75) is 45.8 Å². The molecule has 0 saturated carbocycles. The fourth-order valence-electron chi connectivity index (χ4n) is 4.89. The van der Waals surface area contributed by atoms with Gasteiger partial charge in [0.2, 0.25) is 0 Å². The van der Waals surface area contributed by atoms with E-state index in [0.717, 1.165) is 29.5 Å². The Balaban J connectivity index is 1.61. The van der Waals surface area contributed by atoms with Gasteiger partial charge in [-0.2, -0.15) is 0 Å². The van der Waals surface area contributed by atoms with Gasteiger partial charge in [0.15, 0.2) is 5.11 Å². The molecular formula is C28H29N5S. The molecule has 0 radical (unpaired) electrons. The summed E-state index contributed by atoms with van der Waals surface area (Å²) < 4.78 is 2.36. The third-order valence-corrected chi connectivity index (χ3v) is 7.03. The number of nitrogens with one attached hydrogen (secondary N) is 1. The van der Waals surface area contributed by atoms with Gasteiger partial charge in [0.1, 0.15) is 0 Å². The summed E-state index contributed by atoms with van der Waals surface area (Å²) in [6, 6.07) is 21.1. The van der Waals surface area contributed by atoms with Crippen LogP contribution in [0.1, 0.15) is 52.8 Å². The summed E-state index contributed by atoms with van der Waals surface area (Å²) in [5.74, 6) is 0. The number of aromatic nitrogens is 3. The van der Waals surface area contributed by atoms with Crippen LogP contribution in [0.25, 0.3) is 0 Å². The van der Waals surface area contributed by atoms with Gasteiger partial charge in [-0.15, -0.1) is 0 Å². The van der Waals surface area contributed by atoms with Crippen molar-refractivity contribution in [3.63, 3.8) is 0 Å². The Morgan fingerprint density at radius 2 is 1.79 bits per heavy atom. The molecule has 0 bridgehead atoms. The maximum Gasteiger partial charge on any atom is 0.174 e. The van der Waals surface area contributed by atoms with E-state index in [-0.39, 0.29) is 12.1 Å². The molecule has 1 saturated heterocycles. The number of anilines is 1. The number of thiocarbonyl (C=S) groups is 1. The molecule has 0 amide bonds. The van der Waals surface area contributed by atoms with E-state index < -0.39 is 0 Å². The molecule has 1 aliphatic heterocycles. The second-order valence-corrected chi connectivity index (χ2v) is 9.18. The maximum atomic E-state index is 5.90. The number of benzene rings is 1. The summed E-state index contributed by atoms with van der Waals surface area (Å²) in [7, 11) is 0. The Morgan fingerprint density at radius 1 is 0.971 bits per heavy atom. The van der Waals surface area contributed by atoms with E-state index in [9.17, 15) is 0 Å². The summed E-state index contributed by atoms with van der Waals surface area (Å²) in [5.41, 5.74) is 8.28.